The van der Waals surface area contributed by atoms with E-state index < -0.39 is 35.2 Å². The van der Waals surface area contributed by atoms with E-state index in [-0.39, 0.29) is 34.0 Å². The topological polar surface area (TPSA) is 46.2 Å². The summed E-state index contributed by atoms with van der Waals surface area (Å²) in [5.41, 5.74) is 1.79. The molecule has 3 aromatic carbocycles. The van der Waals surface area contributed by atoms with Crippen LogP contribution in [0.4, 0.5) is 32.0 Å². The van der Waals surface area contributed by atoms with Gasteiger partial charge in [0.2, 0.25) is 0 Å². The predicted octanol–water partition coefficient (Wildman–Crippen LogP) is 11.5. The summed E-state index contributed by atoms with van der Waals surface area (Å²) in [5.74, 6) is 1.21. The molecule has 300 valence electrons. The van der Waals surface area contributed by atoms with Crippen molar-refractivity contribution in [1.82, 2.24) is 10.3 Å². The van der Waals surface area contributed by atoms with E-state index in [9.17, 15) is 26.3 Å². The maximum absolute atomic E-state index is 13.8. The van der Waals surface area contributed by atoms with Gasteiger partial charge >= 0.3 is 12.4 Å². The fraction of sp³-hybridized carbons (Fsp3) is 0.455. The summed E-state index contributed by atoms with van der Waals surface area (Å²) < 4.78 is 89.3. The fourth-order valence-electron chi connectivity index (χ4n) is 8.68. The van der Waals surface area contributed by atoms with Crippen molar-refractivity contribution in [1.29, 1.82) is 0 Å². The van der Waals surface area contributed by atoms with Gasteiger partial charge in [0.05, 0.1) is 36.8 Å². The molecule has 0 unspecified atom stereocenters. The Morgan fingerprint density at radius 3 is 2.05 bits per heavy atom. The SMILES string of the molecule is C=C[C@H]1C[N@+]2(Cc3cc(C(C)(C)C)cc(C(C)(C)C)c3)CC[C@H]1C[C@H]2[C@@H](NC(=S)Nc1cc(C(F)(F)F)cc(C(F)(F)F)c1)c1ccnc2ccc(OC)cc12. The quantitative estimate of drug-likeness (QED) is 0.0805. The lowest BCUT2D eigenvalue weighted by molar-refractivity contribution is -0.983. The summed E-state index contributed by atoms with van der Waals surface area (Å²) in [6, 6.07) is 15.2. The third kappa shape index (κ3) is 8.71. The molecule has 0 saturated carbocycles. The van der Waals surface area contributed by atoms with Gasteiger partial charge in [-0.3, -0.25) is 4.98 Å². The van der Waals surface area contributed by atoms with Gasteiger partial charge in [-0.25, -0.2) is 0 Å². The highest BCUT2D eigenvalue weighted by atomic mass is 32.1. The van der Waals surface area contributed by atoms with Gasteiger partial charge in [-0.15, -0.1) is 6.58 Å². The Bertz CT molecular complexity index is 2050. The summed E-state index contributed by atoms with van der Waals surface area (Å²) in [6.07, 6.45) is -4.46. The molecular formula is C44H51F6N4OS+. The molecule has 0 aliphatic carbocycles. The summed E-state index contributed by atoms with van der Waals surface area (Å²) in [6.45, 7) is 19.9. The van der Waals surface area contributed by atoms with Crippen molar-refractivity contribution in [3.8, 4) is 5.75 Å². The molecule has 56 heavy (non-hydrogen) atoms. The molecule has 3 fully saturated rings. The third-order valence-electron chi connectivity index (χ3n) is 11.7. The number of alkyl halides is 6. The predicted molar refractivity (Wildman–Crippen MR) is 215 cm³/mol. The number of fused-ring (bicyclic) bond motifs is 4. The van der Waals surface area contributed by atoms with Gasteiger partial charge in [-0.1, -0.05) is 53.7 Å². The molecule has 12 heteroatoms. The van der Waals surface area contributed by atoms with E-state index in [1.54, 1.807) is 13.3 Å². The van der Waals surface area contributed by atoms with Crippen LogP contribution in [0.15, 0.2) is 79.5 Å². The first-order valence-electron chi connectivity index (χ1n) is 18.9. The van der Waals surface area contributed by atoms with Gasteiger partial charge in [-0.05, 0) is 100 Å². The first kappa shape index (κ1) is 41.5. The minimum Gasteiger partial charge on any atom is -0.497 e. The van der Waals surface area contributed by atoms with Crippen molar-refractivity contribution >= 4 is 33.9 Å². The zero-order valence-corrected chi connectivity index (χ0v) is 33.8. The van der Waals surface area contributed by atoms with Crippen molar-refractivity contribution in [2.24, 2.45) is 11.8 Å². The van der Waals surface area contributed by atoms with Crippen LogP contribution >= 0.6 is 12.2 Å². The summed E-state index contributed by atoms with van der Waals surface area (Å²) in [4.78, 5) is 4.62. The number of hydrogen-bond acceptors (Lipinski definition) is 3. The largest absolute Gasteiger partial charge is 0.497 e. The number of rotatable bonds is 8. The number of hydrogen-bond donors (Lipinski definition) is 2. The second-order valence-electron chi connectivity index (χ2n) is 17.6. The van der Waals surface area contributed by atoms with Crippen LogP contribution in [-0.4, -0.2) is 40.8 Å². The number of anilines is 1. The molecule has 3 saturated heterocycles. The Labute approximate surface area is 331 Å². The Morgan fingerprint density at radius 2 is 1.50 bits per heavy atom. The number of aromatic nitrogens is 1. The van der Waals surface area contributed by atoms with E-state index in [0.29, 0.717) is 40.3 Å². The molecule has 4 aromatic rings. The molecule has 7 rings (SSSR count). The number of nitrogens with zero attached hydrogens (tertiary/aromatic N) is 2. The van der Waals surface area contributed by atoms with Gasteiger partial charge < -0.3 is 19.9 Å². The van der Waals surface area contributed by atoms with Crippen molar-refractivity contribution in [2.45, 2.75) is 96.2 Å². The maximum atomic E-state index is 13.8. The monoisotopic (exact) mass is 797 g/mol. The first-order chi connectivity index (χ1) is 26.0. The zero-order valence-electron chi connectivity index (χ0n) is 33.0. The van der Waals surface area contributed by atoms with E-state index in [1.165, 1.54) is 16.7 Å². The van der Waals surface area contributed by atoms with Gasteiger partial charge in [-0.2, -0.15) is 26.3 Å². The number of thiocarbonyl (C=S) groups is 1. The summed E-state index contributed by atoms with van der Waals surface area (Å²) in [7, 11) is 1.58. The zero-order chi connectivity index (χ0) is 41.0. The van der Waals surface area contributed by atoms with Crippen LogP contribution in [0.3, 0.4) is 0 Å². The minimum atomic E-state index is -5.01. The Kier molecular flexibility index (Phi) is 11.1. The van der Waals surface area contributed by atoms with E-state index in [1.807, 2.05) is 24.3 Å². The molecule has 0 radical (unpaired) electrons. The van der Waals surface area contributed by atoms with E-state index in [2.05, 4.69) is 88.0 Å². The lowest BCUT2D eigenvalue weighted by Gasteiger charge is -2.59. The minimum absolute atomic E-state index is 0.0962. The van der Waals surface area contributed by atoms with Crippen LogP contribution in [0.1, 0.15) is 93.8 Å². The smallest absolute Gasteiger partial charge is 0.416 e. The van der Waals surface area contributed by atoms with E-state index >= 15 is 0 Å². The fourth-order valence-corrected chi connectivity index (χ4v) is 8.92. The van der Waals surface area contributed by atoms with Crippen molar-refractivity contribution in [3.63, 3.8) is 0 Å². The highest BCUT2D eigenvalue weighted by Gasteiger charge is 2.54. The molecule has 0 spiro atoms. The number of methoxy groups -OCH3 is 1. The van der Waals surface area contributed by atoms with Crippen LogP contribution in [0, 0.1) is 11.8 Å². The molecule has 2 N–H and O–H groups in total. The van der Waals surface area contributed by atoms with E-state index in [0.717, 1.165) is 36.9 Å². The van der Waals surface area contributed by atoms with Crippen LogP contribution in [0.5, 0.6) is 5.75 Å². The van der Waals surface area contributed by atoms with Gasteiger partial charge in [0, 0.05) is 41.6 Å². The summed E-state index contributed by atoms with van der Waals surface area (Å²) >= 11 is 5.79. The van der Waals surface area contributed by atoms with Gasteiger partial charge in [0.25, 0.3) is 0 Å². The van der Waals surface area contributed by atoms with Crippen molar-refractivity contribution in [3.05, 3.63) is 113 Å². The van der Waals surface area contributed by atoms with Crippen LogP contribution in [0.2, 0.25) is 0 Å². The van der Waals surface area contributed by atoms with Crippen LogP contribution < -0.4 is 15.4 Å². The maximum Gasteiger partial charge on any atom is 0.416 e. The second-order valence-corrected chi connectivity index (χ2v) is 18.0. The number of nitrogens with one attached hydrogen (secondary N) is 2. The highest BCUT2D eigenvalue weighted by Crippen LogP contribution is 2.49. The number of pyridine rings is 1. The van der Waals surface area contributed by atoms with E-state index in [4.69, 9.17) is 17.0 Å². The molecule has 5 atom stereocenters. The molecule has 1 aromatic heterocycles. The van der Waals surface area contributed by atoms with Crippen LogP contribution in [0.25, 0.3) is 10.9 Å². The van der Waals surface area contributed by atoms with Gasteiger partial charge in [0.15, 0.2) is 5.11 Å². The highest BCUT2D eigenvalue weighted by molar-refractivity contribution is 7.80. The molecule has 2 bridgehead atoms. The third-order valence-corrected chi connectivity index (χ3v) is 12.0. The number of piperidine rings is 3. The standard InChI is InChI=1S/C44H50F6N4OS/c1-9-27-25-54(24-26-16-29(41(2,3)4)19-30(17-26)42(5,6)7)15-13-28(27)18-38(54)39(35-12-14-51-37-11-10-34(55-8)23-36(35)37)53-40(56)52-33-21-31(43(45,46)47)20-32(22-33)44(48,49)50/h9-12,14,16-17,19-23,27-28,38-39H,1,13,15,18,24-25H2,2-8H3,(H-,52,53,56)/p+1/t27-,28-,38-,39-,54+/m0/s1. The number of quaternary nitrogens is 1. The molecule has 0 amide bonds. The normalized spacial score (nSPS) is 22.1. The van der Waals surface area contributed by atoms with Crippen molar-refractivity contribution < 1.29 is 35.6 Å². The number of benzene rings is 3. The summed E-state index contributed by atoms with van der Waals surface area (Å²) in [5, 5.41) is 6.86. The Morgan fingerprint density at radius 1 is 0.893 bits per heavy atom. The number of ether oxygens (including phenoxy) is 1. The lowest BCUT2D eigenvalue weighted by atomic mass is 9.70. The molecular weight excluding hydrogens is 747 g/mol. The Hall–Kier alpha value is -4.16. The molecule has 3 aliphatic rings. The molecule has 5 nitrogen and oxygen atoms in total. The average Bonchev–Trinajstić information content (AvgIpc) is 3.11. The molecule has 4 heterocycles. The first-order valence-corrected chi connectivity index (χ1v) is 19.3. The van der Waals surface area contributed by atoms with Gasteiger partial charge in [0.1, 0.15) is 24.4 Å². The molecule has 3 aliphatic heterocycles. The lowest BCUT2D eigenvalue weighted by Crippen LogP contribution is -2.69. The number of halogens is 6. The van der Waals surface area contributed by atoms with Crippen molar-refractivity contribution in [2.75, 3.05) is 25.5 Å². The van der Waals surface area contributed by atoms with Crippen LogP contribution in [-0.2, 0) is 29.7 Å². The Balaban J connectivity index is 1.49. The average molecular weight is 798 g/mol. The second kappa shape index (κ2) is 15.0.